The Labute approximate surface area is 129 Å². The van der Waals surface area contributed by atoms with Gasteiger partial charge in [-0.25, -0.2) is 9.97 Å². The summed E-state index contributed by atoms with van der Waals surface area (Å²) in [6.07, 6.45) is 8.04. The summed E-state index contributed by atoms with van der Waals surface area (Å²) in [6.45, 7) is 12.2. The summed E-state index contributed by atoms with van der Waals surface area (Å²) < 4.78 is 5.62. The van der Waals surface area contributed by atoms with Gasteiger partial charge in [0.1, 0.15) is 0 Å². The van der Waals surface area contributed by atoms with Crippen molar-refractivity contribution >= 4 is 0 Å². The van der Waals surface area contributed by atoms with Crippen LogP contribution in [0.4, 0.5) is 0 Å². The van der Waals surface area contributed by atoms with Gasteiger partial charge in [-0.1, -0.05) is 32.6 Å². The van der Waals surface area contributed by atoms with Crippen LogP contribution in [0.5, 0.6) is 6.01 Å². The summed E-state index contributed by atoms with van der Waals surface area (Å²) in [5, 5.41) is 3.45. The van der Waals surface area contributed by atoms with Gasteiger partial charge < -0.3 is 10.1 Å². The van der Waals surface area contributed by atoms with Gasteiger partial charge in [-0.3, -0.25) is 0 Å². The number of unbranched alkanes of at least 4 members (excludes halogenated alkanes) is 4. The van der Waals surface area contributed by atoms with Gasteiger partial charge >= 0.3 is 6.01 Å². The number of hydrogen-bond donors (Lipinski definition) is 1. The van der Waals surface area contributed by atoms with Gasteiger partial charge in [-0.2, -0.15) is 0 Å². The summed E-state index contributed by atoms with van der Waals surface area (Å²) in [5.41, 5.74) is 2.21. The summed E-state index contributed by atoms with van der Waals surface area (Å²) in [7, 11) is 0. The first-order valence-corrected chi connectivity index (χ1v) is 8.12. The molecule has 0 bridgehead atoms. The fourth-order valence-corrected chi connectivity index (χ4v) is 1.94. The molecule has 0 aliphatic heterocycles. The molecule has 0 aliphatic rings. The second-order valence-corrected chi connectivity index (χ2v) is 6.63. The van der Waals surface area contributed by atoms with Crippen LogP contribution in [-0.2, 0) is 6.54 Å². The molecule has 0 unspecified atom stereocenters. The predicted octanol–water partition coefficient (Wildman–Crippen LogP) is 4.02. The molecule has 0 spiro atoms. The van der Waals surface area contributed by atoms with Gasteiger partial charge in [-0.05, 0) is 34.1 Å². The number of aryl methyl sites for hydroxylation is 1. The monoisotopic (exact) mass is 293 g/mol. The first kappa shape index (κ1) is 17.9. The summed E-state index contributed by atoms with van der Waals surface area (Å²) in [4.78, 5) is 8.74. The molecular weight excluding hydrogens is 262 g/mol. The zero-order valence-electron chi connectivity index (χ0n) is 14.3. The van der Waals surface area contributed by atoms with Crippen LogP contribution in [0.3, 0.4) is 0 Å². The third kappa shape index (κ3) is 8.00. The van der Waals surface area contributed by atoms with E-state index >= 15 is 0 Å². The molecule has 0 radical (unpaired) electrons. The molecule has 4 nitrogen and oxygen atoms in total. The number of nitrogens with zero attached hydrogens (tertiary/aromatic N) is 2. The number of aromatic nitrogens is 2. The van der Waals surface area contributed by atoms with Crippen molar-refractivity contribution in [3.63, 3.8) is 0 Å². The van der Waals surface area contributed by atoms with E-state index in [0.717, 1.165) is 24.2 Å². The van der Waals surface area contributed by atoms with Crippen LogP contribution >= 0.6 is 0 Å². The average Bonchev–Trinajstić information content (AvgIpc) is 2.40. The van der Waals surface area contributed by atoms with Crippen molar-refractivity contribution in [1.82, 2.24) is 15.3 Å². The standard InChI is InChI=1S/C17H31N3O/c1-6-7-8-9-10-11-21-16-18-12-15(14(2)20-16)13-19-17(3,4)5/h12,19H,6-11,13H2,1-5H3. The van der Waals surface area contributed by atoms with E-state index in [4.69, 9.17) is 4.74 Å². The minimum absolute atomic E-state index is 0.0973. The molecule has 1 aromatic rings. The van der Waals surface area contributed by atoms with E-state index in [0.29, 0.717) is 12.6 Å². The minimum Gasteiger partial charge on any atom is -0.463 e. The second kappa shape index (κ2) is 8.98. The van der Waals surface area contributed by atoms with Crippen molar-refractivity contribution in [2.75, 3.05) is 6.61 Å². The molecule has 0 saturated heterocycles. The van der Waals surface area contributed by atoms with Crippen LogP contribution in [0.25, 0.3) is 0 Å². The highest BCUT2D eigenvalue weighted by molar-refractivity contribution is 5.17. The van der Waals surface area contributed by atoms with Crippen molar-refractivity contribution in [3.8, 4) is 6.01 Å². The van der Waals surface area contributed by atoms with E-state index in [1.165, 1.54) is 25.7 Å². The Balaban J connectivity index is 2.36. The fourth-order valence-electron chi connectivity index (χ4n) is 1.94. The van der Waals surface area contributed by atoms with Crippen molar-refractivity contribution in [1.29, 1.82) is 0 Å². The molecule has 0 aromatic carbocycles. The summed E-state index contributed by atoms with van der Waals surface area (Å²) in [5.74, 6) is 0. The molecule has 0 fully saturated rings. The maximum atomic E-state index is 5.62. The van der Waals surface area contributed by atoms with Gasteiger partial charge in [0.25, 0.3) is 0 Å². The van der Waals surface area contributed by atoms with Crippen LogP contribution in [0.1, 0.15) is 71.1 Å². The van der Waals surface area contributed by atoms with Gasteiger partial charge in [0.15, 0.2) is 0 Å². The van der Waals surface area contributed by atoms with E-state index in [-0.39, 0.29) is 5.54 Å². The molecule has 1 heterocycles. The fraction of sp³-hybridized carbons (Fsp3) is 0.765. The lowest BCUT2D eigenvalue weighted by Crippen LogP contribution is -2.35. The Hall–Kier alpha value is -1.16. The lowest BCUT2D eigenvalue weighted by atomic mass is 10.1. The molecule has 1 rings (SSSR count). The Bertz CT molecular complexity index is 413. The van der Waals surface area contributed by atoms with Crippen molar-refractivity contribution in [2.45, 2.75) is 78.8 Å². The van der Waals surface area contributed by atoms with E-state index in [1.54, 1.807) is 0 Å². The third-order valence-electron chi connectivity index (χ3n) is 3.35. The number of rotatable bonds is 9. The first-order valence-electron chi connectivity index (χ1n) is 8.12. The third-order valence-corrected chi connectivity index (χ3v) is 3.35. The zero-order valence-corrected chi connectivity index (χ0v) is 14.3. The molecule has 21 heavy (non-hydrogen) atoms. The molecule has 1 aromatic heterocycles. The molecule has 0 amide bonds. The SMILES string of the molecule is CCCCCCCOc1ncc(CNC(C)(C)C)c(C)n1. The molecule has 1 N–H and O–H groups in total. The zero-order chi connectivity index (χ0) is 15.7. The lowest BCUT2D eigenvalue weighted by molar-refractivity contribution is 0.280. The number of ether oxygens (including phenoxy) is 1. The van der Waals surface area contributed by atoms with Gasteiger partial charge in [-0.15, -0.1) is 0 Å². The maximum Gasteiger partial charge on any atom is 0.316 e. The van der Waals surface area contributed by atoms with Gasteiger partial charge in [0.2, 0.25) is 0 Å². The Morgan fingerprint density at radius 2 is 1.86 bits per heavy atom. The largest absolute Gasteiger partial charge is 0.463 e. The molecule has 0 aliphatic carbocycles. The summed E-state index contributed by atoms with van der Waals surface area (Å²) in [6, 6.07) is 0.502. The molecule has 0 saturated carbocycles. The van der Waals surface area contributed by atoms with Crippen LogP contribution in [-0.4, -0.2) is 22.1 Å². The van der Waals surface area contributed by atoms with Gasteiger partial charge in [0, 0.05) is 29.5 Å². The van der Waals surface area contributed by atoms with Crippen molar-refractivity contribution in [3.05, 3.63) is 17.5 Å². The Kier molecular flexibility index (Phi) is 7.65. The lowest BCUT2D eigenvalue weighted by Gasteiger charge is -2.21. The normalized spacial score (nSPS) is 11.7. The Morgan fingerprint density at radius 3 is 2.48 bits per heavy atom. The average molecular weight is 293 g/mol. The van der Waals surface area contributed by atoms with E-state index in [9.17, 15) is 0 Å². The van der Waals surface area contributed by atoms with Crippen LogP contribution in [0, 0.1) is 6.92 Å². The Morgan fingerprint density at radius 1 is 1.14 bits per heavy atom. The highest BCUT2D eigenvalue weighted by Crippen LogP contribution is 2.11. The highest BCUT2D eigenvalue weighted by Gasteiger charge is 2.10. The highest BCUT2D eigenvalue weighted by atomic mass is 16.5. The summed E-state index contributed by atoms with van der Waals surface area (Å²) >= 11 is 0. The van der Waals surface area contributed by atoms with Gasteiger partial charge in [0.05, 0.1) is 6.61 Å². The molecular formula is C17H31N3O. The molecule has 4 heteroatoms. The topological polar surface area (TPSA) is 47.0 Å². The van der Waals surface area contributed by atoms with E-state index in [1.807, 2.05) is 13.1 Å². The number of nitrogens with one attached hydrogen (secondary N) is 1. The number of hydrogen-bond acceptors (Lipinski definition) is 4. The van der Waals surface area contributed by atoms with E-state index < -0.39 is 0 Å². The molecule has 0 atom stereocenters. The van der Waals surface area contributed by atoms with Crippen LogP contribution in [0.2, 0.25) is 0 Å². The smallest absolute Gasteiger partial charge is 0.316 e. The van der Waals surface area contributed by atoms with Crippen LogP contribution < -0.4 is 10.1 Å². The van der Waals surface area contributed by atoms with Crippen molar-refractivity contribution < 1.29 is 4.74 Å². The molecule has 120 valence electrons. The van der Waals surface area contributed by atoms with E-state index in [2.05, 4.69) is 43.0 Å². The predicted molar refractivity (Wildman–Crippen MR) is 87.6 cm³/mol. The quantitative estimate of drug-likeness (QED) is 0.698. The first-order chi connectivity index (χ1) is 9.92. The second-order valence-electron chi connectivity index (χ2n) is 6.63. The van der Waals surface area contributed by atoms with Crippen LogP contribution in [0.15, 0.2) is 6.20 Å². The minimum atomic E-state index is 0.0973. The van der Waals surface area contributed by atoms with Crippen molar-refractivity contribution in [2.24, 2.45) is 0 Å². The maximum absolute atomic E-state index is 5.62.